The van der Waals surface area contributed by atoms with Crippen molar-refractivity contribution in [3.05, 3.63) is 28.8 Å². The fourth-order valence-electron chi connectivity index (χ4n) is 2.87. The van der Waals surface area contributed by atoms with Crippen LogP contribution >= 0.6 is 0 Å². The number of rotatable bonds is 1. The Kier molecular flexibility index (Phi) is 6.95. The summed E-state index contributed by atoms with van der Waals surface area (Å²) >= 11 is 5.06. The van der Waals surface area contributed by atoms with Gasteiger partial charge < -0.3 is 28.4 Å². The quantitative estimate of drug-likeness (QED) is 0.574. The van der Waals surface area contributed by atoms with Crippen molar-refractivity contribution in [3.8, 4) is 12.1 Å². The van der Waals surface area contributed by atoms with Crippen molar-refractivity contribution in [2.75, 3.05) is 32.0 Å². The Morgan fingerprint density at radius 1 is 1.21 bits per heavy atom. The van der Waals surface area contributed by atoms with Crippen LogP contribution in [0.15, 0.2) is 17.2 Å². The van der Waals surface area contributed by atoms with Gasteiger partial charge in [-0.25, -0.2) is 0 Å². The molecule has 4 N–H and O–H groups in total. The molecular weight excluding hydrogens is 322 g/mol. The number of hydrogen-bond donors (Lipinski definition) is 2. The first-order chi connectivity index (χ1) is 11.7. The molecule has 1 fully saturated rings. The van der Waals surface area contributed by atoms with E-state index in [0.29, 0.717) is 16.7 Å². The zero-order chi connectivity index (χ0) is 17.4. The third kappa shape index (κ3) is 4.42. The maximum Gasteiger partial charge on any atom is 0.139 e. The Morgan fingerprint density at radius 3 is 2.38 bits per heavy atom. The summed E-state index contributed by atoms with van der Waals surface area (Å²) in [7, 11) is 0. The number of allylic oxidation sites excluding steroid dienone is 2. The molecule has 3 rings (SSSR count). The molecule has 0 amide bonds. The third-order valence-electron chi connectivity index (χ3n) is 4.06. The Labute approximate surface area is 147 Å². The number of ether oxygens (including phenoxy) is 1. The SMILES string of the molecule is C1COCC[NH2+]1.N#Cc1c(N)nc([S-])c(C#N)c1C1CC=CCC1. The zero-order valence-electron chi connectivity index (χ0n) is 13.5. The van der Waals surface area contributed by atoms with Gasteiger partial charge in [-0.15, -0.1) is 0 Å². The van der Waals surface area contributed by atoms with Crippen LogP contribution in [0.4, 0.5) is 5.82 Å². The second kappa shape index (κ2) is 9.19. The van der Waals surface area contributed by atoms with Crippen LogP contribution in [-0.4, -0.2) is 31.3 Å². The Balaban J connectivity index is 0.000000292. The molecule has 24 heavy (non-hydrogen) atoms. The van der Waals surface area contributed by atoms with Crippen molar-refractivity contribution in [3.63, 3.8) is 0 Å². The van der Waals surface area contributed by atoms with Crippen LogP contribution in [0.25, 0.3) is 0 Å². The number of nitrogens with zero attached hydrogens (tertiary/aromatic N) is 3. The number of aromatic nitrogens is 1. The fraction of sp³-hybridized carbons (Fsp3) is 0.471. The van der Waals surface area contributed by atoms with Crippen molar-refractivity contribution in [2.24, 2.45) is 0 Å². The smallest absolute Gasteiger partial charge is 0.139 e. The van der Waals surface area contributed by atoms with Crippen molar-refractivity contribution in [1.29, 1.82) is 10.5 Å². The molecule has 1 aromatic rings. The molecule has 0 bridgehead atoms. The second-order valence-corrected chi connectivity index (χ2v) is 6.04. The first kappa shape index (κ1) is 18.2. The minimum Gasteiger partial charge on any atom is -0.759 e. The maximum atomic E-state index is 9.22. The standard InChI is InChI=1S/C13H12N4S.C4H9NO/c14-6-9-11(8-4-2-1-3-5-8)10(7-15)13(18)17-12(9)16;1-3-6-4-2-5-1/h1-2,8H,3-5H2,(H3,16,17,18);5H,1-4H2. The number of hydrogen-bond acceptors (Lipinski definition) is 6. The Bertz CT molecular complexity index is 636. The van der Waals surface area contributed by atoms with Crippen LogP contribution < -0.4 is 11.1 Å². The largest absolute Gasteiger partial charge is 0.759 e. The lowest BCUT2D eigenvalue weighted by Crippen LogP contribution is -2.87. The van der Waals surface area contributed by atoms with Crippen LogP contribution in [0.5, 0.6) is 0 Å². The number of nitriles is 2. The molecule has 0 aromatic carbocycles. The number of morpholine rings is 1. The molecule has 2 aliphatic rings. The highest BCUT2D eigenvalue weighted by molar-refractivity contribution is 7.58. The van der Waals surface area contributed by atoms with Gasteiger partial charge in [0.25, 0.3) is 0 Å². The second-order valence-electron chi connectivity index (χ2n) is 5.65. The van der Waals surface area contributed by atoms with E-state index in [-0.39, 0.29) is 16.8 Å². The molecule has 1 aromatic heterocycles. The minimum atomic E-state index is 0.131. The molecule has 7 heteroatoms. The van der Waals surface area contributed by atoms with Gasteiger partial charge in [-0.3, -0.25) is 4.98 Å². The van der Waals surface area contributed by atoms with Crippen molar-refractivity contribution in [2.45, 2.75) is 30.2 Å². The van der Waals surface area contributed by atoms with Gasteiger partial charge in [0.15, 0.2) is 0 Å². The van der Waals surface area contributed by atoms with E-state index in [0.717, 1.165) is 45.6 Å². The van der Waals surface area contributed by atoms with E-state index in [9.17, 15) is 10.5 Å². The van der Waals surface area contributed by atoms with Crippen LogP contribution in [0, 0.1) is 22.7 Å². The van der Waals surface area contributed by atoms with E-state index in [1.165, 1.54) is 0 Å². The molecule has 0 radical (unpaired) electrons. The third-order valence-corrected chi connectivity index (χ3v) is 4.36. The average molecular weight is 343 g/mol. The van der Waals surface area contributed by atoms with Crippen molar-refractivity contribution in [1.82, 2.24) is 4.98 Å². The summed E-state index contributed by atoms with van der Waals surface area (Å²) in [5.74, 6) is 0.261. The van der Waals surface area contributed by atoms with E-state index in [2.05, 4.69) is 34.6 Å². The fourth-order valence-corrected chi connectivity index (χ4v) is 3.12. The molecule has 1 unspecified atom stereocenters. The lowest BCUT2D eigenvalue weighted by Gasteiger charge is -2.24. The van der Waals surface area contributed by atoms with E-state index in [4.69, 9.17) is 23.1 Å². The summed E-state index contributed by atoms with van der Waals surface area (Å²) < 4.78 is 5.04. The highest BCUT2D eigenvalue weighted by Crippen LogP contribution is 2.35. The van der Waals surface area contributed by atoms with E-state index in [1.54, 1.807) is 0 Å². The van der Waals surface area contributed by atoms with E-state index < -0.39 is 0 Å². The summed E-state index contributed by atoms with van der Waals surface area (Å²) in [5.41, 5.74) is 7.05. The molecule has 0 saturated carbocycles. The Hall–Kier alpha value is -2.19. The number of pyridine rings is 1. The van der Waals surface area contributed by atoms with E-state index >= 15 is 0 Å². The van der Waals surface area contributed by atoms with Gasteiger partial charge in [-0.1, -0.05) is 17.2 Å². The van der Waals surface area contributed by atoms with Gasteiger partial charge in [0.05, 0.1) is 43.5 Å². The highest BCUT2D eigenvalue weighted by atomic mass is 32.1. The highest BCUT2D eigenvalue weighted by Gasteiger charge is 2.22. The first-order valence-electron chi connectivity index (χ1n) is 8.04. The number of nitrogen functional groups attached to an aromatic ring is 1. The molecule has 1 atom stereocenters. The molecule has 6 nitrogen and oxygen atoms in total. The van der Waals surface area contributed by atoms with Gasteiger partial charge in [-0.05, 0) is 30.7 Å². The number of nitrogens with two attached hydrogens (primary N) is 2. The first-order valence-corrected chi connectivity index (χ1v) is 8.44. The summed E-state index contributed by atoms with van der Waals surface area (Å²) in [6.07, 6.45) is 6.82. The van der Waals surface area contributed by atoms with Crippen LogP contribution in [0.2, 0.25) is 0 Å². The van der Waals surface area contributed by atoms with Crippen LogP contribution in [-0.2, 0) is 17.4 Å². The van der Waals surface area contributed by atoms with E-state index in [1.807, 2.05) is 0 Å². The number of anilines is 1. The summed E-state index contributed by atoms with van der Waals surface area (Å²) in [5, 5.41) is 20.9. The summed E-state index contributed by atoms with van der Waals surface area (Å²) in [4.78, 5) is 3.90. The molecule has 0 spiro atoms. The van der Waals surface area contributed by atoms with Gasteiger partial charge in [-0.2, -0.15) is 10.5 Å². The maximum absolute atomic E-state index is 9.22. The Morgan fingerprint density at radius 2 is 1.92 bits per heavy atom. The summed E-state index contributed by atoms with van der Waals surface area (Å²) in [6.45, 7) is 4.19. The summed E-state index contributed by atoms with van der Waals surface area (Å²) in [6, 6.07) is 4.12. The topological polar surface area (TPSA) is 112 Å². The zero-order valence-corrected chi connectivity index (χ0v) is 14.3. The average Bonchev–Trinajstić information content (AvgIpc) is 2.64. The minimum absolute atomic E-state index is 0.131. The van der Waals surface area contributed by atoms with Gasteiger partial charge in [0.1, 0.15) is 11.9 Å². The predicted molar refractivity (Wildman–Crippen MR) is 91.9 cm³/mol. The molecule has 2 heterocycles. The molecule has 1 saturated heterocycles. The monoisotopic (exact) mass is 343 g/mol. The van der Waals surface area contributed by atoms with Gasteiger partial charge >= 0.3 is 0 Å². The van der Waals surface area contributed by atoms with Gasteiger partial charge in [0, 0.05) is 0 Å². The molecule has 126 valence electrons. The molecular formula is C17H21N5OS. The number of quaternary nitrogens is 1. The van der Waals surface area contributed by atoms with Gasteiger partial charge in [0.2, 0.25) is 0 Å². The normalized spacial score (nSPS) is 19.5. The van der Waals surface area contributed by atoms with Crippen LogP contribution in [0.1, 0.15) is 41.9 Å². The predicted octanol–water partition coefficient (Wildman–Crippen LogP) is 0.717. The van der Waals surface area contributed by atoms with Crippen LogP contribution in [0.3, 0.4) is 0 Å². The lowest BCUT2D eigenvalue weighted by molar-refractivity contribution is -0.670. The lowest BCUT2D eigenvalue weighted by atomic mass is 9.83. The molecule has 1 aliphatic carbocycles. The van der Waals surface area contributed by atoms with Crippen molar-refractivity contribution >= 4 is 18.4 Å². The van der Waals surface area contributed by atoms with Crippen molar-refractivity contribution < 1.29 is 10.1 Å². The molecule has 1 aliphatic heterocycles.